The molecule has 5 rings (SSSR count). The average Bonchev–Trinajstić information content (AvgIpc) is 3.90. The largest absolute Gasteiger partial charge is 0.444 e. The van der Waals surface area contributed by atoms with Gasteiger partial charge in [-0.2, -0.15) is 5.26 Å². The molecule has 1 unspecified atom stereocenters. The number of hydrogen-bond acceptors (Lipinski definition) is 7. The van der Waals surface area contributed by atoms with Crippen molar-refractivity contribution in [1.82, 2.24) is 10.2 Å². The molecule has 0 saturated carbocycles. The number of hydrogen-bond donors (Lipinski definition) is 1. The lowest BCUT2D eigenvalue weighted by Gasteiger charge is -2.36. The van der Waals surface area contributed by atoms with Gasteiger partial charge in [0.25, 0.3) is 0 Å². The third kappa shape index (κ3) is 10.5. The summed E-state index contributed by atoms with van der Waals surface area (Å²) < 4.78 is 25.9. The number of benzene rings is 4. The Kier molecular flexibility index (Phi) is 12.4. The maximum atomic E-state index is 13.3. The molecule has 48 heavy (non-hydrogen) atoms. The van der Waals surface area contributed by atoms with Crippen molar-refractivity contribution in [2.24, 2.45) is 0 Å². The first-order chi connectivity index (χ1) is 23.3. The van der Waals surface area contributed by atoms with Crippen LogP contribution in [-0.4, -0.2) is 53.5 Å². The van der Waals surface area contributed by atoms with Crippen LogP contribution in [-0.2, 0) is 45.3 Å². The Morgan fingerprint density at radius 1 is 0.729 bits per heavy atom. The van der Waals surface area contributed by atoms with E-state index in [1.807, 2.05) is 142 Å². The molecule has 1 aliphatic heterocycles. The predicted molar refractivity (Wildman–Crippen MR) is 184 cm³/mol. The van der Waals surface area contributed by atoms with Gasteiger partial charge in [0.2, 0.25) is 0 Å². The molecule has 5 atom stereocenters. The third-order valence-corrected chi connectivity index (χ3v) is 8.00. The zero-order chi connectivity index (χ0) is 33.8. The van der Waals surface area contributed by atoms with E-state index in [1.54, 1.807) is 4.90 Å². The molecular weight excluding hydrogens is 602 g/mol. The minimum absolute atomic E-state index is 0.258. The first-order valence-electron chi connectivity index (χ1n) is 16.4. The highest BCUT2D eigenvalue weighted by Crippen LogP contribution is 2.33. The third-order valence-electron chi connectivity index (χ3n) is 8.00. The molecule has 0 radical (unpaired) electrons. The topological polar surface area (TPSA) is 92.8 Å². The smallest absolute Gasteiger partial charge is 0.410 e. The van der Waals surface area contributed by atoms with E-state index in [1.165, 1.54) is 0 Å². The fourth-order valence-corrected chi connectivity index (χ4v) is 5.51. The van der Waals surface area contributed by atoms with Crippen LogP contribution in [0, 0.1) is 11.3 Å². The van der Waals surface area contributed by atoms with Gasteiger partial charge in [0.15, 0.2) is 0 Å². The van der Waals surface area contributed by atoms with Gasteiger partial charge in [-0.15, -0.1) is 0 Å². The van der Waals surface area contributed by atoms with Crippen LogP contribution < -0.4 is 5.32 Å². The molecule has 0 bridgehead atoms. The standard InChI is InChI=1S/C40H45N3O5/c1-40(2,3)48-39(44)43-26-35(43)37(46-28-32-20-12-6-13-21-32)38(47-29-33-22-14-7-15-23-33)36(45-27-31-18-10-5-11-19-31)34(24-41)42-25-30-16-8-4-9-17-30/h4-23,34-38,42H,25-29H2,1-3H3/t34-,35?,36+,37-,38-,43?/m1/s1. The Morgan fingerprint density at radius 3 is 1.62 bits per heavy atom. The van der Waals surface area contributed by atoms with E-state index in [4.69, 9.17) is 18.9 Å². The molecule has 0 aliphatic carbocycles. The van der Waals surface area contributed by atoms with Crippen LogP contribution in [0.5, 0.6) is 0 Å². The first-order valence-corrected chi connectivity index (χ1v) is 16.4. The Balaban J connectivity index is 1.49. The highest BCUT2D eigenvalue weighted by atomic mass is 16.6. The van der Waals surface area contributed by atoms with E-state index in [-0.39, 0.29) is 25.9 Å². The number of rotatable bonds is 16. The van der Waals surface area contributed by atoms with Crippen molar-refractivity contribution >= 4 is 6.09 Å². The molecule has 8 heteroatoms. The van der Waals surface area contributed by atoms with Crippen LogP contribution >= 0.6 is 0 Å². The summed E-state index contributed by atoms with van der Waals surface area (Å²) in [7, 11) is 0. The fourth-order valence-electron chi connectivity index (χ4n) is 5.51. The van der Waals surface area contributed by atoms with Crippen LogP contribution in [0.1, 0.15) is 43.0 Å². The molecule has 1 fully saturated rings. The number of ether oxygens (including phenoxy) is 4. The summed E-state index contributed by atoms with van der Waals surface area (Å²) in [5.41, 5.74) is 3.30. The molecule has 1 saturated heterocycles. The van der Waals surface area contributed by atoms with Gasteiger partial charge >= 0.3 is 6.09 Å². The van der Waals surface area contributed by atoms with Crippen molar-refractivity contribution in [3.05, 3.63) is 144 Å². The minimum atomic E-state index is -0.774. The van der Waals surface area contributed by atoms with Crippen LogP contribution in [0.3, 0.4) is 0 Å². The lowest BCUT2D eigenvalue weighted by atomic mass is 9.98. The molecule has 0 aromatic heterocycles. The SMILES string of the molecule is CC(C)(C)OC(=O)N1CC1[C@@H](OCc1ccccc1)[C@H](OCc1ccccc1)[C@@H](OCc1ccccc1)[C@@H](C#N)NCc1ccccc1. The van der Waals surface area contributed by atoms with Gasteiger partial charge in [-0.25, -0.2) is 4.79 Å². The van der Waals surface area contributed by atoms with Crippen molar-refractivity contribution < 1.29 is 23.7 Å². The van der Waals surface area contributed by atoms with Crippen molar-refractivity contribution in [3.63, 3.8) is 0 Å². The number of nitriles is 1. The van der Waals surface area contributed by atoms with Gasteiger partial charge in [-0.05, 0) is 43.0 Å². The Hall–Kier alpha value is -4.52. The molecular formula is C40H45N3O5. The molecule has 0 spiro atoms. The second-order valence-corrected chi connectivity index (χ2v) is 13.0. The zero-order valence-corrected chi connectivity index (χ0v) is 27.9. The lowest BCUT2D eigenvalue weighted by Crippen LogP contribution is -2.54. The summed E-state index contributed by atoms with van der Waals surface area (Å²) in [5, 5.41) is 14.1. The second-order valence-electron chi connectivity index (χ2n) is 13.0. The van der Waals surface area contributed by atoms with E-state index in [0.29, 0.717) is 13.1 Å². The highest BCUT2D eigenvalue weighted by Gasteiger charge is 2.52. The van der Waals surface area contributed by atoms with Crippen molar-refractivity contribution in [2.75, 3.05) is 6.54 Å². The van der Waals surface area contributed by atoms with Gasteiger partial charge in [0.1, 0.15) is 30.0 Å². The monoisotopic (exact) mass is 647 g/mol. The molecule has 4 aromatic carbocycles. The normalized spacial score (nSPS) is 16.7. The molecule has 1 aliphatic rings. The van der Waals surface area contributed by atoms with E-state index in [0.717, 1.165) is 22.3 Å². The van der Waals surface area contributed by atoms with Crippen molar-refractivity contribution in [1.29, 1.82) is 5.26 Å². The average molecular weight is 648 g/mol. The van der Waals surface area contributed by atoms with Crippen molar-refractivity contribution in [3.8, 4) is 6.07 Å². The number of nitrogens with one attached hydrogen (secondary N) is 1. The molecule has 1 N–H and O–H groups in total. The summed E-state index contributed by atoms with van der Waals surface area (Å²) in [4.78, 5) is 14.9. The van der Waals surface area contributed by atoms with Gasteiger partial charge < -0.3 is 18.9 Å². The van der Waals surface area contributed by atoms with Gasteiger partial charge in [-0.1, -0.05) is 121 Å². The Morgan fingerprint density at radius 2 is 1.17 bits per heavy atom. The summed E-state index contributed by atoms with van der Waals surface area (Å²) in [6.45, 7) is 7.24. The Bertz CT molecular complexity index is 1580. The van der Waals surface area contributed by atoms with Crippen LogP contribution in [0.2, 0.25) is 0 Å². The van der Waals surface area contributed by atoms with Crippen LogP contribution in [0.25, 0.3) is 0 Å². The maximum Gasteiger partial charge on any atom is 0.410 e. The summed E-state index contributed by atoms with van der Waals surface area (Å²) in [6.07, 6.45) is -2.58. The highest BCUT2D eigenvalue weighted by molar-refractivity contribution is 5.71. The summed E-state index contributed by atoms with van der Waals surface area (Å²) in [5.74, 6) is 0. The molecule has 250 valence electrons. The van der Waals surface area contributed by atoms with Gasteiger partial charge in [0.05, 0.1) is 31.9 Å². The quantitative estimate of drug-likeness (QED) is 0.130. The minimum Gasteiger partial charge on any atom is -0.444 e. The van der Waals surface area contributed by atoms with Crippen molar-refractivity contribution in [2.45, 2.75) is 83.1 Å². The van der Waals surface area contributed by atoms with E-state index in [9.17, 15) is 10.1 Å². The van der Waals surface area contributed by atoms with Crippen LogP contribution in [0.4, 0.5) is 4.79 Å². The molecule has 1 heterocycles. The number of carbonyl (C=O) groups excluding carboxylic acids is 1. The van der Waals surface area contributed by atoms with E-state index in [2.05, 4.69) is 11.4 Å². The summed E-state index contributed by atoms with van der Waals surface area (Å²) >= 11 is 0. The predicted octanol–water partition coefficient (Wildman–Crippen LogP) is 7.04. The van der Waals surface area contributed by atoms with Gasteiger partial charge in [0, 0.05) is 13.1 Å². The first kappa shape index (κ1) is 34.8. The van der Waals surface area contributed by atoms with Crippen LogP contribution in [0.15, 0.2) is 121 Å². The van der Waals surface area contributed by atoms with Gasteiger partial charge in [-0.3, -0.25) is 10.2 Å². The Labute approximate surface area is 284 Å². The number of nitrogens with zero attached hydrogens (tertiary/aromatic N) is 2. The number of amides is 1. The zero-order valence-electron chi connectivity index (χ0n) is 27.9. The number of carbonyl (C=O) groups is 1. The van der Waals surface area contributed by atoms with E-state index >= 15 is 0 Å². The van der Waals surface area contributed by atoms with E-state index < -0.39 is 36.0 Å². The lowest BCUT2D eigenvalue weighted by molar-refractivity contribution is -0.158. The molecule has 4 aromatic rings. The molecule has 1 amide bonds. The fraction of sp³-hybridized carbons (Fsp3) is 0.350. The molecule has 8 nitrogen and oxygen atoms in total. The maximum absolute atomic E-state index is 13.3. The summed E-state index contributed by atoms with van der Waals surface area (Å²) in [6, 6.07) is 40.9. The second kappa shape index (κ2) is 17.0.